The smallest absolute Gasteiger partial charge is 0.356 e. The van der Waals surface area contributed by atoms with Crippen molar-refractivity contribution in [1.29, 1.82) is 0 Å². The zero-order valence-electron chi connectivity index (χ0n) is 15.0. The molecule has 0 aliphatic rings. The van der Waals surface area contributed by atoms with Gasteiger partial charge in [0.25, 0.3) is 0 Å². The Morgan fingerprint density at radius 3 is 2.60 bits per heavy atom. The number of carbonyl (C=O) groups is 1. The molecule has 0 saturated carbocycles. The van der Waals surface area contributed by atoms with E-state index in [0.29, 0.717) is 23.8 Å². The Morgan fingerprint density at radius 2 is 2.00 bits per heavy atom. The second-order valence-electron chi connectivity index (χ2n) is 6.76. The van der Waals surface area contributed by atoms with Gasteiger partial charge in [0, 0.05) is 17.6 Å². The van der Waals surface area contributed by atoms with Crippen LogP contribution in [0.5, 0.6) is 5.75 Å². The number of aliphatic hydroxyl groups is 1. The Kier molecular flexibility index (Phi) is 6.17. The van der Waals surface area contributed by atoms with E-state index in [-0.39, 0.29) is 12.1 Å². The van der Waals surface area contributed by atoms with Gasteiger partial charge in [0.05, 0.1) is 13.3 Å². The maximum Gasteiger partial charge on any atom is 0.356 e. The fraction of sp³-hybridized carbons (Fsp3) is 0.444. The number of esters is 1. The summed E-state index contributed by atoms with van der Waals surface area (Å²) in [6.07, 6.45) is 0.844. The third kappa shape index (κ3) is 5.88. The van der Waals surface area contributed by atoms with Gasteiger partial charge in [-0.15, -0.1) is 0 Å². The van der Waals surface area contributed by atoms with Crippen molar-refractivity contribution in [2.24, 2.45) is 0 Å². The number of aliphatic hydroxyl groups excluding tert-OH is 1. The molecule has 7 nitrogen and oxygen atoms in total. The Hall–Kier alpha value is -2.38. The molecule has 0 fully saturated rings. The summed E-state index contributed by atoms with van der Waals surface area (Å²) in [7, 11) is 1.32. The number of hydrogen-bond acceptors (Lipinski definition) is 6. The molecule has 0 aliphatic carbocycles. The third-order valence-corrected chi connectivity index (χ3v) is 3.42. The molecule has 2 rings (SSSR count). The average molecular weight is 347 g/mol. The summed E-state index contributed by atoms with van der Waals surface area (Å²) in [5, 5.41) is 13.2. The summed E-state index contributed by atoms with van der Waals surface area (Å²) in [6, 6.07) is 7.24. The number of methoxy groups -OCH3 is 1. The van der Waals surface area contributed by atoms with Gasteiger partial charge in [-0.3, -0.25) is 0 Å². The van der Waals surface area contributed by atoms with Gasteiger partial charge in [-0.25, -0.2) is 9.78 Å². The minimum absolute atomic E-state index is 0.0469. The normalized spacial score (nSPS) is 12.7. The Labute approximate surface area is 147 Å². The highest BCUT2D eigenvalue weighted by Gasteiger charge is 2.13. The Morgan fingerprint density at radius 1 is 1.32 bits per heavy atom. The van der Waals surface area contributed by atoms with Gasteiger partial charge in [0.2, 0.25) is 0 Å². The zero-order chi connectivity index (χ0) is 18.4. The molecule has 2 aromatic rings. The summed E-state index contributed by atoms with van der Waals surface area (Å²) < 4.78 is 10.2. The lowest BCUT2D eigenvalue weighted by atomic mass is 10.1. The summed E-state index contributed by atoms with van der Waals surface area (Å²) in [5.74, 6) is 0.760. The van der Waals surface area contributed by atoms with Crippen LogP contribution in [0, 0.1) is 0 Å². The van der Waals surface area contributed by atoms with Crippen molar-refractivity contribution in [1.82, 2.24) is 15.3 Å². The summed E-state index contributed by atoms with van der Waals surface area (Å²) in [4.78, 5) is 18.5. The maximum atomic E-state index is 11.4. The molecule has 0 amide bonds. The summed E-state index contributed by atoms with van der Waals surface area (Å²) in [6.45, 7) is 6.79. The fourth-order valence-electron chi connectivity index (χ4n) is 2.07. The average Bonchev–Trinajstić information content (AvgIpc) is 3.07. The van der Waals surface area contributed by atoms with Crippen molar-refractivity contribution in [3.05, 3.63) is 36.2 Å². The first kappa shape index (κ1) is 19.0. The molecule has 0 aliphatic heterocycles. The number of aromatic nitrogens is 2. The van der Waals surface area contributed by atoms with Gasteiger partial charge < -0.3 is 24.9 Å². The van der Waals surface area contributed by atoms with E-state index in [1.165, 1.54) is 13.3 Å². The van der Waals surface area contributed by atoms with Gasteiger partial charge in [0.1, 0.15) is 30.0 Å². The van der Waals surface area contributed by atoms with Crippen LogP contribution in [0.1, 0.15) is 31.3 Å². The molecule has 3 N–H and O–H groups in total. The third-order valence-electron chi connectivity index (χ3n) is 3.42. The molecule has 0 saturated heterocycles. The zero-order valence-corrected chi connectivity index (χ0v) is 15.0. The van der Waals surface area contributed by atoms with Crippen LogP contribution >= 0.6 is 0 Å². The number of H-pyrrole nitrogens is 1. The molecule has 1 aromatic carbocycles. The molecule has 25 heavy (non-hydrogen) atoms. The molecule has 1 atom stereocenters. The van der Waals surface area contributed by atoms with E-state index >= 15 is 0 Å². The molecule has 0 bridgehead atoms. The number of imidazole rings is 1. The SMILES string of the molecule is COC(=O)c1cnc(-c2ccc(OC[C@@H](O)CNC(C)(C)C)cc2)[nH]1. The second-order valence-corrected chi connectivity index (χ2v) is 6.76. The molecular weight excluding hydrogens is 322 g/mol. The minimum Gasteiger partial charge on any atom is -0.491 e. The van der Waals surface area contributed by atoms with Gasteiger partial charge in [-0.2, -0.15) is 0 Å². The van der Waals surface area contributed by atoms with Crippen molar-refractivity contribution >= 4 is 5.97 Å². The minimum atomic E-state index is -0.591. The van der Waals surface area contributed by atoms with E-state index in [0.717, 1.165) is 5.56 Å². The van der Waals surface area contributed by atoms with Crippen molar-refractivity contribution in [3.8, 4) is 17.1 Å². The van der Waals surface area contributed by atoms with E-state index in [9.17, 15) is 9.90 Å². The number of nitrogens with zero attached hydrogens (tertiary/aromatic N) is 1. The number of ether oxygens (including phenoxy) is 2. The predicted octanol–water partition coefficient (Wildman–Crippen LogP) is 1.99. The van der Waals surface area contributed by atoms with Crippen LogP contribution in [0.25, 0.3) is 11.4 Å². The first-order valence-electron chi connectivity index (χ1n) is 8.08. The van der Waals surface area contributed by atoms with Crippen molar-refractivity contribution in [2.45, 2.75) is 32.4 Å². The Bertz CT molecular complexity index is 689. The van der Waals surface area contributed by atoms with Crippen LogP contribution in [0.2, 0.25) is 0 Å². The van der Waals surface area contributed by atoms with Crippen LogP contribution in [0.3, 0.4) is 0 Å². The first-order valence-corrected chi connectivity index (χ1v) is 8.08. The monoisotopic (exact) mass is 347 g/mol. The second kappa shape index (κ2) is 8.13. The number of hydrogen-bond donors (Lipinski definition) is 3. The lowest BCUT2D eigenvalue weighted by Gasteiger charge is -2.22. The highest BCUT2D eigenvalue weighted by molar-refractivity contribution is 5.87. The van der Waals surface area contributed by atoms with E-state index in [1.54, 1.807) is 12.1 Å². The highest BCUT2D eigenvalue weighted by Crippen LogP contribution is 2.20. The first-order chi connectivity index (χ1) is 11.8. The highest BCUT2D eigenvalue weighted by atomic mass is 16.5. The van der Waals surface area contributed by atoms with E-state index in [4.69, 9.17) is 4.74 Å². The number of benzene rings is 1. The molecule has 0 unspecified atom stereocenters. The molecule has 7 heteroatoms. The van der Waals surface area contributed by atoms with E-state index in [2.05, 4.69) is 20.0 Å². The lowest BCUT2D eigenvalue weighted by molar-refractivity contribution is 0.0594. The topological polar surface area (TPSA) is 96.5 Å². The van der Waals surface area contributed by atoms with Gasteiger partial charge in [-0.1, -0.05) is 0 Å². The standard InChI is InChI=1S/C18H25N3O4/c1-18(2,3)20-9-13(22)11-25-14-7-5-12(6-8-14)16-19-10-15(21-16)17(23)24-4/h5-8,10,13,20,22H,9,11H2,1-4H3,(H,19,21)/t13-/m0/s1. The number of β-amino-alcohol motifs (C(OH)–C–C–N with tert-alkyl or cyclic N) is 1. The van der Waals surface area contributed by atoms with Gasteiger partial charge >= 0.3 is 5.97 Å². The molecule has 0 spiro atoms. The largest absolute Gasteiger partial charge is 0.491 e. The van der Waals surface area contributed by atoms with Crippen molar-refractivity contribution < 1.29 is 19.4 Å². The molecule has 1 aromatic heterocycles. The summed E-state index contributed by atoms with van der Waals surface area (Å²) >= 11 is 0. The van der Waals surface area contributed by atoms with Crippen molar-refractivity contribution in [2.75, 3.05) is 20.3 Å². The van der Waals surface area contributed by atoms with Crippen LogP contribution in [-0.4, -0.2) is 52.9 Å². The fourth-order valence-corrected chi connectivity index (χ4v) is 2.07. The number of rotatable bonds is 7. The Balaban J connectivity index is 1.89. The number of carbonyl (C=O) groups excluding carboxylic acids is 1. The van der Waals surface area contributed by atoms with Gasteiger partial charge in [0.15, 0.2) is 0 Å². The molecule has 0 radical (unpaired) electrons. The van der Waals surface area contributed by atoms with Crippen LogP contribution in [-0.2, 0) is 4.74 Å². The van der Waals surface area contributed by atoms with Gasteiger partial charge in [-0.05, 0) is 45.0 Å². The molecular formula is C18H25N3O4. The van der Waals surface area contributed by atoms with Crippen LogP contribution in [0.4, 0.5) is 0 Å². The van der Waals surface area contributed by atoms with Crippen molar-refractivity contribution in [3.63, 3.8) is 0 Å². The van der Waals surface area contributed by atoms with E-state index in [1.807, 2.05) is 32.9 Å². The lowest BCUT2D eigenvalue weighted by Crippen LogP contribution is -2.42. The van der Waals surface area contributed by atoms with Crippen LogP contribution in [0.15, 0.2) is 30.5 Å². The summed E-state index contributed by atoms with van der Waals surface area (Å²) in [5.41, 5.74) is 1.07. The number of aromatic amines is 1. The molecule has 136 valence electrons. The maximum absolute atomic E-state index is 11.4. The van der Waals surface area contributed by atoms with Crippen LogP contribution < -0.4 is 10.1 Å². The predicted molar refractivity (Wildman–Crippen MR) is 94.6 cm³/mol. The number of nitrogens with one attached hydrogen (secondary N) is 2. The molecule has 1 heterocycles. The quantitative estimate of drug-likeness (QED) is 0.663. The van der Waals surface area contributed by atoms with E-state index < -0.39 is 12.1 Å².